The highest BCUT2D eigenvalue weighted by Gasteiger charge is 2.50. The molecule has 2 unspecified atom stereocenters. The average molecular weight is 125 g/mol. The fourth-order valence-corrected chi connectivity index (χ4v) is 2.74. The van der Waals surface area contributed by atoms with E-state index in [0.717, 1.165) is 0 Å². The molecule has 0 radical (unpaired) electrons. The van der Waals surface area contributed by atoms with E-state index in [-0.39, 0.29) is 0 Å². The van der Waals surface area contributed by atoms with Gasteiger partial charge in [0.05, 0.1) is 0 Å². The van der Waals surface area contributed by atoms with Crippen LogP contribution in [0.3, 0.4) is 0 Å². The van der Waals surface area contributed by atoms with Gasteiger partial charge in [-0.3, -0.25) is 0 Å². The number of piperidine rings is 1. The van der Waals surface area contributed by atoms with Crippen LogP contribution in [0.15, 0.2) is 0 Å². The minimum absolute atomic E-state index is 0.535. The minimum Gasteiger partial charge on any atom is -0.306 e. The minimum atomic E-state index is 0.535. The lowest BCUT2D eigenvalue weighted by Crippen LogP contribution is -2.71. The summed E-state index contributed by atoms with van der Waals surface area (Å²) < 4.78 is 0. The molecule has 2 bridgehead atoms. The first-order valence-corrected chi connectivity index (χ1v) is 3.91. The van der Waals surface area contributed by atoms with Crippen molar-refractivity contribution in [1.29, 1.82) is 0 Å². The molecule has 0 aromatic carbocycles. The molecule has 1 N–H and O–H groups in total. The van der Waals surface area contributed by atoms with Gasteiger partial charge in [0, 0.05) is 11.1 Å². The Morgan fingerprint density at radius 1 is 1.11 bits per heavy atom. The van der Waals surface area contributed by atoms with E-state index in [1.165, 1.54) is 25.7 Å². The lowest BCUT2D eigenvalue weighted by atomic mass is 9.64. The quantitative estimate of drug-likeness (QED) is 0.519. The van der Waals surface area contributed by atoms with Gasteiger partial charge in [0.2, 0.25) is 0 Å². The molecule has 2 aliphatic heterocycles. The zero-order chi connectivity index (χ0) is 6.54. The molecule has 1 heteroatoms. The summed E-state index contributed by atoms with van der Waals surface area (Å²) in [7, 11) is 0. The van der Waals surface area contributed by atoms with Gasteiger partial charge in [0.15, 0.2) is 0 Å². The van der Waals surface area contributed by atoms with Crippen LogP contribution in [0.5, 0.6) is 0 Å². The van der Waals surface area contributed by atoms with E-state index in [1.54, 1.807) is 0 Å². The Balaban J connectivity index is 2.12. The van der Waals surface area contributed by atoms with Gasteiger partial charge in [-0.1, -0.05) is 0 Å². The van der Waals surface area contributed by atoms with Gasteiger partial charge in [0.25, 0.3) is 0 Å². The Morgan fingerprint density at radius 3 is 1.78 bits per heavy atom. The molecule has 1 nitrogen and oxygen atoms in total. The molecule has 3 aliphatic rings. The summed E-state index contributed by atoms with van der Waals surface area (Å²) >= 11 is 0. The second-order valence-electron chi connectivity index (χ2n) is 4.28. The molecule has 1 saturated carbocycles. The van der Waals surface area contributed by atoms with E-state index < -0.39 is 0 Å². The third-order valence-electron chi connectivity index (χ3n) is 2.84. The van der Waals surface area contributed by atoms with Crippen LogP contribution >= 0.6 is 0 Å². The highest BCUT2D eigenvalue weighted by Crippen LogP contribution is 2.44. The highest BCUT2D eigenvalue weighted by molar-refractivity contribution is 5.11. The van der Waals surface area contributed by atoms with Gasteiger partial charge < -0.3 is 5.32 Å². The fraction of sp³-hybridized carbons (Fsp3) is 1.00. The van der Waals surface area contributed by atoms with Gasteiger partial charge >= 0.3 is 0 Å². The first-order valence-electron chi connectivity index (χ1n) is 3.91. The molecular formula is C8H15N. The molecule has 2 heterocycles. The van der Waals surface area contributed by atoms with Crippen molar-refractivity contribution in [2.45, 2.75) is 50.6 Å². The monoisotopic (exact) mass is 125 g/mol. The average Bonchev–Trinajstić information content (AvgIpc) is 1.59. The summed E-state index contributed by atoms with van der Waals surface area (Å²) in [5, 5.41) is 3.63. The first-order chi connectivity index (χ1) is 4.12. The Kier molecular flexibility index (Phi) is 0.852. The molecule has 2 atom stereocenters. The lowest BCUT2D eigenvalue weighted by Gasteiger charge is -2.59. The summed E-state index contributed by atoms with van der Waals surface area (Å²) in [4.78, 5) is 0. The van der Waals surface area contributed by atoms with Crippen molar-refractivity contribution in [3.8, 4) is 0 Å². The number of hydrogen-bond donors (Lipinski definition) is 1. The predicted molar refractivity (Wildman–Crippen MR) is 38.4 cm³/mol. The molecule has 3 rings (SSSR count). The predicted octanol–water partition coefficient (Wildman–Crippen LogP) is 1.68. The van der Waals surface area contributed by atoms with Crippen molar-refractivity contribution in [3.63, 3.8) is 0 Å². The molecule has 0 spiro atoms. The zero-order valence-corrected chi connectivity index (χ0v) is 6.33. The standard InChI is InChI=1S/C8H15N/c1-7-4-3-5-8(2,6-7)9-7/h9H,3-6H2,1-2H3. The Bertz CT molecular complexity index is 120. The fourth-order valence-electron chi connectivity index (χ4n) is 2.74. The number of nitrogens with one attached hydrogen (secondary N) is 1. The maximum Gasteiger partial charge on any atom is 0.0175 e. The molecule has 0 amide bonds. The van der Waals surface area contributed by atoms with Crippen LogP contribution in [0.25, 0.3) is 0 Å². The van der Waals surface area contributed by atoms with Crippen LogP contribution in [0.4, 0.5) is 0 Å². The van der Waals surface area contributed by atoms with Crippen molar-refractivity contribution >= 4 is 0 Å². The summed E-state index contributed by atoms with van der Waals surface area (Å²) in [5.74, 6) is 0. The summed E-state index contributed by atoms with van der Waals surface area (Å²) in [5.41, 5.74) is 1.07. The number of fused-ring (bicyclic) bond motifs is 2. The summed E-state index contributed by atoms with van der Waals surface area (Å²) in [6, 6.07) is 0. The SMILES string of the molecule is CC12CCCC(C)(C1)N2. The van der Waals surface area contributed by atoms with Gasteiger partial charge in [-0.05, 0) is 39.5 Å². The molecule has 9 heavy (non-hydrogen) atoms. The third kappa shape index (κ3) is 0.710. The second-order valence-corrected chi connectivity index (χ2v) is 4.28. The third-order valence-corrected chi connectivity index (χ3v) is 2.84. The summed E-state index contributed by atoms with van der Waals surface area (Å²) in [6.45, 7) is 4.68. The van der Waals surface area contributed by atoms with Gasteiger partial charge in [-0.25, -0.2) is 0 Å². The molecule has 2 saturated heterocycles. The van der Waals surface area contributed by atoms with E-state index >= 15 is 0 Å². The van der Waals surface area contributed by atoms with E-state index in [9.17, 15) is 0 Å². The van der Waals surface area contributed by atoms with Gasteiger partial charge in [0.1, 0.15) is 0 Å². The van der Waals surface area contributed by atoms with Crippen LogP contribution in [0.2, 0.25) is 0 Å². The highest BCUT2D eigenvalue weighted by atomic mass is 15.1. The topological polar surface area (TPSA) is 12.0 Å². The Morgan fingerprint density at radius 2 is 1.56 bits per heavy atom. The largest absolute Gasteiger partial charge is 0.306 e. The molecule has 3 fully saturated rings. The first kappa shape index (κ1) is 5.72. The Hall–Kier alpha value is -0.0400. The molecule has 1 aliphatic carbocycles. The molecule has 0 aromatic heterocycles. The summed E-state index contributed by atoms with van der Waals surface area (Å²) in [6.07, 6.45) is 5.62. The Labute approximate surface area is 56.8 Å². The number of rotatable bonds is 0. The van der Waals surface area contributed by atoms with Crippen molar-refractivity contribution < 1.29 is 0 Å². The molecule has 0 aromatic rings. The van der Waals surface area contributed by atoms with Crippen molar-refractivity contribution in [3.05, 3.63) is 0 Å². The van der Waals surface area contributed by atoms with Crippen LogP contribution in [-0.2, 0) is 0 Å². The maximum absolute atomic E-state index is 3.63. The van der Waals surface area contributed by atoms with E-state index in [2.05, 4.69) is 19.2 Å². The van der Waals surface area contributed by atoms with Crippen LogP contribution in [0, 0.1) is 0 Å². The normalized spacial score (nSPS) is 56.7. The van der Waals surface area contributed by atoms with Crippen LogP contribution in [0.1, 0.15) is 39.5 Å². The van der Waals surface area contributed by atoms with Gasteiger partial charge in [-0.2, -0.15) is 0 Å². The van der Waals surface area contributed by atoms with Crippen molar-refractivity contribution in [2.75, 3.05) is 0 Å². The van der Waals surface area contributed by atoms with E-state index in [4.69, 9.17) is 0 Å². The van der Waals surface area contributed by atoms with E-state index in [0.29, 0.717) is 11.1 Å². The van der Waals surface area contributed by atoms with E-state index in [1.807, 2.05) is 0 Å². The molecule has 52 valence electrons. The van der Waals surface area contributed by atoms with Crippen LogP contribution < -0.4 is 5.32 Å². The smallest absolute Gasteiger partial charge is 0.0175 e. The second kappa shape index (κ2) is 1.34. The van der Waals surface area contributed by atoms with Crippen molar-refractivity contribution in [1.82, 2.24) is 5.32 Å². The maximum atomic E-state index is 3.63. The van der Waals surface area contributed by atoms with Crippen LogP contribution in [-0.4, -0.2) is 11.1 Å². The van der Waals surface area contributed by atoms with Crippen molar-refractivity contribution in [2.24, 2.45) is 0 Å². The lowest BCUT2D eigenvalue weighted by molar-refractivity contribution is 0.0125. The number of hydrogen-bond acceptors (Lipinski definition) is 1. The van der Waals surface area contributed by atoms with Gasteiger partial charge in [-0.15, -0.1) is 0 Å². The zero-order valence-electron chi connectivity index (χ0n) is 6.33. The molecular weight excluding hydrogens is 110 g/mol.